The fraction of sp³-hybridized carbons (Fsp3) is 0.667. The van der Waals surface area contributed by atoms with Crippen LogP contribution in [0.1, 0.15) is 40.5 Å². The molecule has 0 aliphatic carbocycles. The molecule has 0 saturated carbocycles. The molecule has 2 unspecified atom stereocenters. The fourth-order valence-electron chi connectivity index (χ4n) is 2.26. The van der Waals surface area contributed by atoms with E-state index in [1.54, 1.807) is 24.2 Å². The molecule has 27 heavy (non-hydrogen) atoms. The molecule has 6 nitrogen and oxygen atoms in total. The van der Waals surface area contributed by atoms with E-state index in [2.05, 4.69) is 13.2 Å². The third-order valence-electron chi connectivity index (χ3n) is 3.64. The molecule has 0 aliphatic rings. The number of rotatable bonds is 13. The van der Waals surface area contributed by atoms with Gasteiger partial charge in [-0.2, -0.15) is 0 Å². The predicted molar refractivity (Wildman–Crippen MR) is 109 cm³/mol. The normalized spacial score (nSPS) is 14.4. The van der Waals surface area contributed by atoms with Gasteiger partial charge in [-0.05, 0) is 40.5 Å². The van der Waals surface area contributed by atoms with Crippen molar-refractivity contribution in [3.8, 4) is 0 Å². The van der Waals surface area contributed by atoms with E-state index in [9.17, 15) is 9.90 Å². The van der Waals surface area contributed by atoms with Crippen LogP contribution < -0.4 is 0 Å². The lowest BCUT2D eigenvalue weighted by Crippen LogP contribution is -2.37. The van der Waals surface area contributed by atoms with Crippen LogP contribution in [0.2, 0.25) is 0 Å². The molecule has 0 aromatic carbocycles. The maximum absolute atomic E-state index is 12.1. The number of methoxy groups -OCH3 is 1. The van der Waals surface area contributed by atoms with E-state index in [1.165, 1.54) is 0 Å². The van der Waals surface area contributed by atoms with E-state index in [-0.39, 0.29) is 12.2 Å². The average molecular weight is 384 g/mol. The van der Waals surface area contributed by atoms with Crippen molar-refractivity contribution in [3.63, 3.8) is 0 Å². The standard InChI is InChI=1S/C21H37NO5/c1-8-13-22(20(24)27-21(4,5)6)14-10-15-26-16-17(3)11-12-18(23)19(9-2)25-7/h8-9,11,18-19,23H,1-2,10,12-16H2,3-7H3/b17-11-. The Bertz CT molecular complexity index is 481. The van der Waals surface area contributed by atoms with E-state index in [4.69, 9.17) is 14.2 Å². The molecule has 0 radical (unpaired) electrons. The maximum atomic E-state index is 12.1. The van der Waals surface area contributed by atoms with E-state index in [0.717, 1.165) is 5.57 Å². The molecule has 0 rings (SSSR count). The summed E-state index contributed by atoms with van der Waals surface area (Å²) in [6, 6.07) is 0. The molecule has 0 aromatic rings. The van der Waals surface area contributed by atoms with Crippen LogP contribution in [0.25, 0.3) is 0 Å². The molecule has 2 atom stereocenters. The minimum atomic E-state index is -0.622. The third kappa shape index (κ3) is 12.4. The van der Waals surface area contributed by atoms with E-state index in [0.29, 0.717) is 39.1 Å². The molecule has 1 amide bonds. The summed E-state index contributed by atoms with van der Waals surface area (Å²) in [6.45, 7) is 16.8. The van der Waals surface area contributed by atoms with Crippen LogP contribution in [0.15, 0.2) is 37.0 Å². The lowest BCUT2D eigenvalue weighted by molar-refractivity contribution is 0.0190. The van der Waals surface area contributed by atoms with Gasteiger partial charge in [-0.3, -0.25) is 0 Å². The molecule has 0 spiro atoms. The minimum absolute atomic E-state index is 0.345. The molecule has 0 aromatic heterocycles. The lowest BCUT2D eigenvalue weighted by atomic mass is 10.1. The first-order valence-corrected chi connectivity index (χ1v) is 9.30. The van der Waals surface area contributed by atoms with E-state index >= 15 is 0 Å². The van der Waals surface area contributed by atoms with Crippen molar-refractivity contribution in [2.75, 3.05) is 33.4 Å². The summed E-state index contributed by atoms with van der Waals surface area (Å²) < 4.78 is 16.2. The zero-order valence-corrected chi connectivity index (χ0v) is 17.6. The Kier molecular flexibility index (Phi) is 12.7. The van der Waals surface area contributed by atoms with Crippen molar-refractivity contribution < 1.29 is 24.1 Å². The number of carbonyl (C=O) groups excluding carboxylic acids is 1. The van der Waals surface area contributed by atoms with Gasteiger partial charge in [-0.1, -0.05) is 23.8 Å². The summed E-state index contributed by atoms with van der Waals surface area (Å²) in [5.74, 6) is 0. The van der Waals surface area contributed by atoms with Gasteiger partial charge < -0.3 is 24.2 Å². The molecule has 0 heterocycles. The topological polar surface area (TPSA) is 68.2 Å². The summed E-state index contributed by atoms with van der Waals surface area (Å²) >= 11 is 0. The highest BCUT2D eigenvalue weighted by molar-refractivity contribution is 5.68. The van der Waals surface area contributed by atoms with Crippen LogP contribution in [0.3, 0.4) is 0 Å². The Morgan fingerprint density at radius 3 is 2.48 bits per heavy atom. The molecule has 6 heteroatoms. The number of aliphatic hydroxyl groups excluding tert-OH is 1. The SMILES string of the molecule is C=CCN(CCCOC/C(C)=C\CC(O)C(C=C)OC)C(=O)OC(C)(C)C. The van der Waals surface area contributed by atoms with Crippen molar-refractivity contribution in [2.24, 2.45) is 0 Å². The zero-order chi connectivity index (χ0) is 20.9. The van der Waals surface area contributed by atoms with Gasteiger partial charge in [-0.15, -0.1) is 13.2 Å². The van der Waals surface area contributed by atoms with Gasteiger partial charge in [0.2, 0.25) is 0 Å². The van der Waals surface area contributed by atoms with Crippen LogP contribution >= 0.6 is 0 Å². The quantitative estimate of drug-likeness (QED) is 0.388. The number of nitrogens with zero attached hydrogens (tertiary/aromatic N) is 1. The summed E-state index contributed by atoms with van der Waals surface area (Å²) in [5.41, 5.74) is 0.510. The second-order valence-electron chi connectivity index (χ2n) is 7.41. The summed E-state index contributed by atoms with van der Waals surface area (Å²) in [6.07, 6.45) is 5.04. The Balaban J connectivity index is 4.19. The van der Waals surface area contributed by atoms with Crippen molar-refractivity contribution in [2.45, 2.75) is 58.3 Å². The molecule has 0 bridgehead atoms. The second kappa shape index (κ2) is 13.5. The highest BCUT2D eigenvalue weighted by Gasteiger charge is 2.21. The first kappa shape index (κ1) is 25.4. The molecule has 1 N–H and O–H groups in total. The van der Waals surface area contributed by atoms with Crippen molar-refractivity contribution in [1.82, 2.24) is 4.90 Å². The monoisotopic (exact) mass is 383 g/mol. The fourth-order valence-corrected chi connectivity index (χ4v) is 2.26. The summed E-state index contributed by atoms with van der Waals surface area (Å²) in [7, 11) is 1.54. The smallest absolute Gasteiger partial charge is 0.410 e. The zero-order valence-electron chi connectivity index (χ0n) is 17.6. The first-order chi connectivity index (χ1) is 12.6. The number of ether oxygens (including phenoxy) is 3. The van der Waals surface area contributed by atoms with Crippen LogP contribution in [0.5, 0.6) is 0 Å². The predicted octanol–water partition coefficient (Wildman–Crippen LogP) is 3.71. The molecule has 0 saturated heterocycles. The van der Waals surface area contributed by atoms with Crippen LogP contribution in [0.4, 0.5) is 4.79 Å². The summed E-state index contributed by atoms with van der Waals surface area (Å²) in [5, 5.41) is 9.97. The molecule has 0 aliphatic heterocycles. The van der Waals surface area contributed by atoms with Gasteiger partial charge in [-0.25, -0.2) is 4.79 Å². The highest BCUT2D eigenvalue weighted by Crippen LogP contribution is 2.11. The maximum Gasteiger partial charge on any atom is 0.410 e. The summed E-state index contributed by atoms with van der Waals surface area (Å²) in [4.78, 5) is 13.8. The Hall–Kier alpha value is -1.63. The first-order valence-electron chi connectivity index (χ1n) is 9.30. The number of hydrogen-bond acceptors (Lipinski definition) is 5. The number of hydrogen-bond donors (Lipinski definition) is 1. The van der Waals surface area contributed by atoms with Crippen molar-refractivity contribution in [3.05, 3.63) is 37.0 Å². The molecule has 0 fully saturated rings. The van der Waals surface area contributed by atoms with Gasteiger partial charge in [0.1, 0.15) is 11.7 Å². The van der Waals surface area contributed by atoms with Gasteiger partial charge in [0.25, 0.3) is 0 Å². The number of carbonyl (C=O) groups is 1. The van der Waals surface area contributed by atoms with Crippen molar-refractivity contribution >= 4 is 6.09 Å². The van der Waals surface area contributed by atoms with Gasteiger partial charge in [0, 0.05) is 26.8 Å². The molecular formula is C21H37NO5. The molecule has 156 valence electrons. The van der Waals surface area contributed by atoms with Gasteiger partial charge in [0.15, 0.2) is 0 Å². The van der Waals surface area contributed by atoms with Crippen LogP contribution in [0, 0.1) is 0 Å². The average Bonchev–Trinajstić information content (AvgIpc) is 2.58. The van der Waals surface area contributed by atoms with E-state index < -0.39 is 11.7 Å². The third-order valence-corrected chi connectivity index (χ3v) is 3.64. The number of aliphatic hydroxyl groups is 1. The highest BCUT2D eigenvalue weighted by atomic mass is 16.6. The van der Waals surface area contributed by atoms with Crippen LogP contribution in [-0.4, -0.2) is 67.3 Å². The van der Waals surface area contributed by atoms with Gasteiger partial charge >= 0.3 is 6.09 Å². The Morgan fingerprint density at radius 1 is 1.30 bits per heavy atom. The molecular weight excluding hydrogens is 346 g/mol. The van der Waals surface area contributed by atoms with E-state index in [1.807, 2.05) is 33.8 Å². The lowest BCUT2D eigenvalue weighted by Gasteiger charge is -2.26. The Labute approximate surface area is 164 Å². The largest absolute Gasteiger partial charge is 0.444 e. The second-order valence-corrected chi connectivity index (χ2v) is 7.41. The van der Waals surface area contributed by atoms with Crippen LogP contribution in [-0.2, 0) is 14.2 Å². The van der Waals surface area contributed by atoms with Crippen molar-refractivity contribution in [1.29, 1.82) is 0 Å². The number of amides is 1. The Morgan fingerprint density at radius 2 is 1.96 bits per heavy atom. The van der Waals surface area contributed by atoms with Gasteiger partial charge in [0.05, 0.1) is 12.7 Å². The minimum Gasteiger partial charge on any atom is -0.444 e.